The smallest absolute Gasteiger partial charge is 0.308 e. The molecule has 92 valence electrons. The highest BCUT2D eigenvalue weighted by Gasteiger charge is 2.15. The topological polar surface area (TPSA) is 73.6 Å². The molecule has 0 rings (SSSR count). The number of carbonyl (C=O) groups is 1. The van der Waals surface area contributed by atoms with Gasteiger partial charge in [0.2, 0.25) is 0 Å². The van der Waals surface area contributed by atoms with Crippen LogP contribution < -0.4 is 0 Å². The van der Waals surface area contributed by atoms with Crippen LogP contribution in [-0.2, 0) is 9.53 Å². The maximum atomic E-state index is 11.1. The summed E-state index contributed by atoms with van der Waals surface area (Å²) < 4.78 is 4.73. The third-order valence-electron chi connectivity index (χ3n) is 2.04. The number of aliphatic hydroxyl groups is 1. The van der Waals surface area contributed by atoms with Gasteiger partial charge in [0, 0.05) is 13.1 Å². The van der Waals surface area contributed by atoms with Crippen molar-refractivity contribution in [3.63, 3.8) is 0 Å². The minimum absolute atomic E-state index is 0.000878. The standard InChI is InChI=1S/C11H20N2O3/c1-4-16-11(15)5-10(14)8-13(3)7-9(2)6-12/h9-10,14H,4-5,7-8H2,1-3H3. The summed E-state index contributed by atoms with van der Waals surface area (Å²) in [4.78, 5) is 12.9. The molecular formula is C11H20N2O3. The number of hydrogen-bond donors (Lipinski definition) is 1. The Labute approximate surface area is 96.6 Å². The van der Waals surface area contributed by atoms with Crippen LogP contribution in [-0.4, -0.2) is 48.8 Å². The quantitative estimate of drug-likeness (QED) is 0.638. The zero-order valence-electron chi connectivity index (χ0n) is 10.1. The first-order chi connectivity index (χ1) is 7.49. The van der Waals surface area contributed by atoms with Crippen LogP contribution in [0.4, 0.5) is 0 Å². The van der Waals surface area contributed by atoms with Crippen LogP contribution in [0.1, 0.15) is 20.3 Å². The van der Waals surface area contributed by atoms with E-state index in [9.17, 15) is 9.90 Å². The molecule has 0 spiro atoms. The number of aliphatic hydroxyl groups excluding tert-OH is 1. The zero-order chi connectivity index (χ0) is 12.6. The van der Waals surface area contributed by atoms with Crippen molar-refractivity contribution in [2.75, 3.05) is 26.7 Å². The summed E-state index contributed by atoms with van der Waals surface area (Å²) in [5.41, 5.74) is 0. The molecule has 0 saturated carbocycles. The van der Waals surface area contributed by atoms with E-state index in [4.69, 9.17) is 10.00 Å². The van der Waals surface area contributed by atoms with E-state index in [1.807, 2.05) is 18.9 Å². The SMILES string of the molecule is CCOC(=O)CC(O)CN(C)CC(C)C#N. The molecule has 16 heavy (non-hydrogen) atoms. The van der Waals surface area contributed by atoms with E-state index in [-0.39, 0.29) is 12.3 Å². The van der Waals surface area contributed by atoms with E-state index in [1.54, 1.807) is 6.92 Å². The van der Waals surface area contributed by atoms with Gasteiger partial charge in [0.1, 0.15) is 0 Å². The minimum atomic E-state index is -0.741. The van der Waals surface area contributed by atoms with Gasteiger partial charge in [-0.3, -0.25) is 4.79 Å². The van der Waals surface area contributed by atoms with Crippen LogP contribution in [0.25, 0.3) is 0 Å². The van der Waals surface area contributed by atoms with Crippen molar-refractivity contribution in [1.29, 1.82) is 5.26 Å². The first-order valence-corrected chi connectivity index (χ1v) is 5.41. The third kappa shape index (κ3) is 7.21. The maximum absolute atomic E-state index is 11.1. The number of hydrogen-bond acceptors (Lipinski definition) is 5. The lowest BCUT2D eigenvalue weighted by Gasteiger charge is -2.20. The van der Waals surface area contributed by atoms with Crippen molar-refractivity contribution in [3.05, 3.63) is 0 Å². The Morgan fingerprint density at radius 2 is 2.19 bits per heavy atom. The van der Waals surface area contributed by atoms with Crippen LogP contribution in [0, 0.1) is 17.2 Å². The number of nitriles is 1. The summed E-state index contributed by atoms with van der Waals surface area (Å²) in [6.45, 7) is 4.81. The molecule has 5 nitrogen and oxygen atoms in total. The molecule has 2 atom stereocenters. The van der Waals surface area contributed by atoms with Crippen molar-refractivity contribution < 1.29 is 14.6 Å². The van der Waals surface area contributed by atoms with E-state index in [1.165, 1.54) is 0 Å². The van der Waals surface area contributed by atoms with E-state index in [0.717, 1.165) is 0 Å². The molecule has 0 heterocycles. The Morgan fingerprint density at radius 3 is 2.69 bits per heavy atom. The van der Waals surface area contributed by atoms with Gasteiger partial charge in [0.25, 0.3) is 0 Å². The molecule has 0 aromatic carbocycles. The second-order valence-corrected chi connectivity index (χ2v) is 3.91. The van der Waals surface area contributed by atoms with Crippen molar-refractivity contribution in [3.8, 4) is 6.07 Å². The van der Waals surface area contributed by atoms with Crippen molar-refractivity contribution >= 4 is 5.97 Å². The highest BCUT2D eigenvalue weighted by atomic mass is 16.5. The summed E-state index contributed by atoms with van der Waals surface area (Å²) >= 11 is 0. The average molecular weight is 228 g/mol. The molecule has 0 amide bonds. The van der Waals surface area contributed by atoms with Gasteiger partial charge in [0.15, 0.2) is 0 Å². The van der Waals surface area contributed by atoms with E-state index < -0.39 is 12.1 Å². The normalized spacial score (nSPS) is 14.2. The number of likely N-dealkylation sites (N-methyl/N-ethyl adjacent to an activating group) is 1. The first kappa shape index (κ1) is 14.9. The van der Waals surface area contributed by atoms with Crippen LogP contribution >= 0.6 is 0 Å². The molecule has 1 N–H and O–H groups in total. The Hall–Kier alpha value is -1.12. The second-order valence-electron chi connectivity index (χ2n) is 3.91. The Morgan fingerprint density at radius 1 is 1.56 bits per heavy atom. The van der Waals surface area contributed by atoms with Gasteiger partial charge in [-0.1, -0.05) is 0 Å². The van der Waals surface area contributed by atoms with Gasteiger partial charge in [-0.15, -0.1) is 0 Å². The largest absolute Gasteiger partial charge is 0.466 e. The number of nitrogens with zero attached hydrogens (tertiary/aromatic N) is 2. The van der Waals surface area contributed by atoms with Gasteiger partial charge >= 0.3 is 5.97 Å². The molecule has 0 aliphatic rings. The molecule has 2 unspecified atom stereocenters. The molecule has 0 saturated heterocycles. The molecule has 5 heteroatoms. The lowest BCUT2D eigenvalue weighted by Crippen LogP contribution is -2.33. The van der Waals surface area contributed by atoms with Gasteiger partial charge in [0.05, 0.1) is 31.1 Å². The number of carbonyl (C=O) groups excluding carboxylic acids is 1. The van der Waals surface area contributed by atoms with Crippen molar-refractivity contribution in [1.82, 2.24) is 4.90 Å². The molecule has 0 fully saturated rings. The summed E-state index contributed by atoms with van der Waals surface area (Å²) in [5, 5.41) is 18.2. The van der Waals surface area contributed by atoms with Gasteiger partial charge in [-0.05, 0) is 20.9 Å². The fraction of sp³-hybridized carbons (Fsp3) is 0.818. The maximum Gasteiger partial charge on any atom is 0.308 e. The number of rotatable bonds is 7. The Balaban J connectivity index is 3.82. The summed E-state index contributed by atoms with van der Waals surface area (Å²) in [7, 11) is 1.81. The molecular weight excluding hydrogens is 208 g/mol. The van der Waals surface area contributed by atoms with Gasteiger partial charge < -0.3 is 14.7 Å². The fourth-order valence-electron chi connectivity index (χ4n) is 1.42. The predicted molar refractivity (Wildman–Crippen MR) is 59.5 cm³/mol. The highest BCUT2D eigenvalue weighted by Crippen LogP contribution is 2.01. The van der Waals surface area contributed by atoms with Gasteiger partial charge in [-0.25, -0.2) is 0 Å². The molecule has 0 radical (unpaired) electrons. The molecule has 0 aromatic rings. The molecule has 0 aromatic heterocycles. The lowest BCUT2D eigenvalue weighted by atomic mass is 10.2. The van der Waals surface area contributed by atoms with Crippen molar-refractivity contribution in [2.24, 2.45) is 5.92 Å². The zero-order valence-corrected chi connectivity index (χ0v) is 10.1. The first-order valence-electron chi connectivity index (χ1n) is 5.41. The van der Waals surface area contributed by atoms with Crippen LogP contribution in [0.2, 0.25) is 0 Å². The molecule has 0 aliphatic carbocycles. The van der Waals surface area contributed by atoms with E-state index in [2.05, 4.69) is 6.07 Å². The number of esters is 1. The summed E-state index contributed by atoms with van der Waals surface area (Å²) in [6, 6.07) is 2.12. The minimum Gasteiger partial charge on any atom is -0.466 e. The van der Waals surface area contributed by atoms with Crippen LogP contribution in [0.3, 0.4) is 0 Å². The van der Waals surface area contributed by atoms with E-state index in [0.29, 0.717) is 19.7 Å². The second kappa shape index (κ2) is 8.08. The lowest BCUT2D eigenvalue weighted by molar-refractivity contribution is -0.145. The molecule has 0 aliphatic heterocycles. The van der Waals surface area contributed by atoms with Gasteiger partial charge in [-0.2, -0.15) is 5.26 Å². The van der Waals surface area contributed by atoms with Crippen molar-refractivity contribution in [2.45, 2.75) is 26.4 Å². The summed E-state index contributed by atoms with van der Waals surface area (Å²) in [5.74, 6) is -0.475. The fourth-order valence-corrected chi connectivity index (χ4v) is 1.42. The van der Waals surface area contributed by atoms with Crippen LogP contribution in [0.5, 0.6) is 0 Å². The van der Waals surface area contributed by atoms with E-state index >= 15 is 0 Å². The molecule has 0 bridgehead atoms. The highest BCUT2D eigenvalue weighted by molar-refractivity contribution is 5.69. The Bertz CT molecular complexity index is 250. The summed E-state index contributed by atoms with van der Waals surface area (Å²) in [6.07, 6.45) is -0.742. The van der Waals surface area contributed by atoms with Crippen LogP contribution in [0.15, 0.2) is 0 Å². The number of ether oxygens (including phenoxy) is 1. The Kier molecular flexibility index (Phi) is 7.52. The third-order valence-corrected chi connectivity index (χ3v) is 2.04. The average Bonchev–Trinajstić information content (AvgIpc) is 2.16. The monoisotopic (exact) mass is 228 g/mol. The predicted octanol–water partition coefficient (Wildman–Crippen LogP) is 0.392.